The highest BCUT2D eigenvalue weighted by Crippen LogP contribution is 2.24. The molecule has 12 heavy (non-hydrogen) atoms. The molecule has 0 fully saturated rings. The number of nitrogens with one attached hydrogen (secondary N) is 2. The first-order valence-electron chi connectivity index (χ1n) is 3.39. The molecule has 0 amide bonds. The van der Waals surface area contributed by atoms with Crippen LogP contribution in [0.25, 0.3) is 0 Å². The van der Waals surface area contributed by atoms with E-state index in [1.165, 1.54) is 0 Å². The minimum Gasteiger partial charge on any atom is -0.330 e. The first kappa shape index (κ1) is 9.29. The predicted molar refractivity (Wildman–Crippen MR) is 55.5 cm³/mol. The van der Waals surface area contributed by atoms with Gasteiger partial charge in [0, 0.05) is 0 Å². The van der Waals surface area contributed by atoms with E-state index < -0.39 is 0 Å². The molecular weight excluding hydrogens is 192 g/mol. The molecule has 1 aromatic rings. The lowest BCUT2D eigenvalue weighted by Crippen LogP contribution is -2.10. The lowest BCUT2D eigenvalue weighted by atomic mass is 10.2. The van der Waals surface area contributed by atoms with Gasteiger partial charge in [0.2, 0.25) is 0 Å². The van der Waals surface area contributed by atoms with Crippen LogP contribution < -0.4 is 11.1 Å². The number of halogens is 1. The van der Waals surface area contributed by atoms with E-state index in [0.29, 0.717) is 5.02 Å². The number of thiocarbonyl (C=S) groups is 1. The predicted octanol–water partition coefficient (Wildman–Crippen LogP) is 2.63. The Kier molecular flexibility index (Phi) is 2.89. The third-order valence-electron chi connectivity index (χ3n) is 1.46. The summed E-state index contributed by atoms with van der Waals surface area (Å²) in [5, 5.41) is 3.27. The lowest BCUT2D eigenvalue weighted by molar-refractivity contribution is 1.45. The summed E-state index contributed by atoms with van der Waals surface area (Å²) in [7, 11) is 0. The smallest absolute Gasteiger partial charge is 0.189 e. The van der Waals surface area contributed by atoms with E-state index in [1.807, 2.05) is 19.1 Å². The first-order valence-corrected chi connectivity index (χ1v) is 4.17. The minimum absolute atomic E-state index is 0.0220. The van der Waals surface area contributed by atoms with Crippen molar-refractivity contribution in [2.45, 2.75) is 6.92 Å². The van der Waals surface area contributed by atoms with Crippen molar-refractivity contribution in [2.75, 3.05) is 5.32 Å². The highest BCUT2D eigenvalue weighted by atomic mass is 35.5. The Hall–Kier alpha value is -0.800. The molecule has 2 N–H and O–H groups in total. The molecule has 1 radical (unpaired) electrons. The van der Waals surface area contributed by atoms with E-state index in [1.54, 1.807) is 6.07 Å². The molecule has 2 nitrogen and oxygen atoms in total. The Morgan fingerprint density at radius 3 is 2.75 bits per heavy atom. The van der Waals surface area contributed by atoms with Crippen molar-refractivity contribution >= 4 is 34.6 Å². The molecule has 0 atom stereocenters. The van der Waals surface area contributed by atoms with Gasteiger partial charge in [0.05, 0.1) is 10.7 Å². The van der Waals surface area contributed by atoms with Crippen molar-refractivity contribution in [3.8, 4) is 0 Å². The summed E-state index contributed by atoms with van der Waals surface area (Å²) >= 11 is 10.5. The maximum Gasteiger partial charge on any atom is 0.189 e. The fourth-order valence-corrected chi connectivity index (χ4v) is 1.27. The Morgan fingerprint density at radius 1 is 1.58 bits per heavy atom. The quantitative estimate of drug-likeness (QED) is 0.706. The van der Waals surface area contributed by atoms with E-state index in [2.05, 4.69) is 17.5 Å². The SMILES string of the molecule is Cc1cccc(Cl)c1NC([NH])=S. The number of rotatable bonds is 1. The second-order valence-corrected chi connectivity index (χ2v) is 3.20. The van der Waals surface area contributed by atoms with Gasteiger partial charge in [-0.25, -0.2) is 0 Å². The standard InChI is InChI=1S/C8H8ClN2S/c1-5-3-2-4-6(9)7(5)11-8(10)12/h2-4,10H,1H3,(H,11,12). The minimum atomic E-state index is -0.0220. The van der Waals surface area contributed by atoms with Crippen LogP contribution in [0.4, 0.5) is 5.69 Å². The molecule has 0 saturated heterocycles. The summed E-state index contributed by atoms with van der Waals surface area (Å²) < 4.78 is 0. The van der Waals surface area contributed by atoms with Crippen molar-refractivity contribution in [1.29, 1.82) is 0 Å². The van der Waals surface area contributed by atoms with Crippen LogP contribution in [-0.2, 0) is 0 Å². The summed E-state index contributed by atoms with van der Waals surface area (Å²) in [5.74, 6) is 0. The molecule has 0 heterocycles. The molecule has 4 heteroatoms. The number of aryl methyl sites for hydroxylation is 1. The zero-order valence-corrected chi connectivity index (χ0v) is 8.09. The zero-order valence-electron chi connectivity index (χ0n) is 6.52. The van der Waals surface area contributed by atoms with Crippen molar-refractivity contribution < 1.29 is 0 Å². The topological polar surface area (TPSA) is 35.8 Å². The van der Waals surface area contributed by atoms with Crippen molar-refractivity contribution in [3.05, 3.63) is 28.8 Å². The molecule has 0 aromatic heterocycles. The van der Waals surface area contributed by atoms with Gasteiger partial charge in [-0.1, -0.05) is 23.7 Å². The molecule has 0 unspecified atom stereocenters. The van der Waals surface area contributed by atoms with Crippen molar-refractivity contribution in [3.63, 3.8) is 0 Å². The van der Waals surface area contributed by atoms with Gasteiger partial charge in [0.1, 0.15) is 0 Å². The number of hydrogen-bond acceptors (Lipinski definition) is 1. The average Bonchev–Trinajstić information content (AvgIpc) is 1.97. The molecule has 0 bridgehead atoms. The van der Waals surface area contributed by atoms with Crippen LogP contribution in [0.2, 0.25) is 5.02 Å². The van der Waals surface area contributed by atoms with Gasteiger partial charge in [-0.3, -0.25) is 5.73 Å². The number of para-hydroxylation sites is 1. The first-order chi connectivity index (χ1) is 5.61. The fourth-order valence-electron chi connectivity index (χ4n) is 0.904. The Labute approximate surface area is 81.7 Å². The molecular formula is C8H8ClN2S. The number of anilines is 1. The van der Waals surface area contributed by atoms with Gasteiger partial charge >= 0.3 is 0 Å². The second-order valence-electron chi connectivity index (χ2n) is 2.39. The molecule has 0 aliphatic carbocycles. The van der Waals surface area contributed by atoms with Gasteiger partial charge in [-0.2, -0.15) is 0 Å². The van der Waals surface area contributed by atoms with E-state index in [0.717, 1.165) is 11.3 Å². The third kappa shape index (κ3) is 2.09. The van der Waals surface area contributed by atoms with Gasteiger partial charge in [-0.15, -0.1) is 0 Å². The Bertz CT molecular complexity index is 292. The summed E-state index contributed by atoms with van der Waals surface area (Å²) in [5.41, 5.74) is 8.78. The maximum absolute atomic E-state index is 7.07. The summed E-state index contributed by atoms with van der Waals surface area (Å²) in [6.07, 6.45) is 0. The van der Waals surface area contributed by atoms with Crippen LogP contribution in [0.3, 0.4) is 0 Å². The molecule has 1 aromatic carbocycles. The summed E-state index contributed by atoms with van der Waals surface area (Å²) in [6.45, 7) is 1.91. The van der Waals surface area contributed by atoms with Crippen LogP contribution in [0.5, 0.6) is 0 Å². The van der Waals surface area contributed by atoms with Crippen molar-refractivity contribution in [2.24, 2.45) is 0 Å². The lowest BCUT2D eigenvalue weighted by Gasteiger charge is -2.08. The van der Waals surface area contributed by atoms with Gasteiger partial charge in [0.15, 0.2) is 5.11 Å². The van der Waals surface area contributed by atoms with Crippen LogP contribution in [-0.4, -0.2) is 5.11 Å². The maximum atomic E-state index is 7.07. The molecule has 1 rings (SSSR count). The highest BCUT2D eigenvalue weighted by molar-refractivity contribution is 7.80. The fraction of sp³-hybridized carbons (Fsp3) is 0.125. The largest absolute Gasteiger partial charge is 0.330 e. The number of benzene rings is 1. The van der Waals surface area contributed by atoms with Gasteiger partial charge in [0.25, 0.3) is 0 Å². The normalized spacial score (nSPS) is 9.50. The molecule has 63 valence electrons. The highest BCUT2D eigenvalue weighted by Gasteiger charge is 2.02. The molecule has 0 saturated carbocycles. The van der Waals surface area contributed by atoms with Crippen LogP contribution in [0.15, 0.2) is 18.2 Å². The van der Waals surface area contributed by atoms with Gasteiger partial charge in [-0.05, 0) is 30.8 Å². The molecule has 0 spiro atoms. The van der Waals surface area contributed by atoms with E-state index in [-0.39, 0.29) is 5.11 Å². The van der Waals surface area contributed by atoms with Crippen LogP contribution >= 0.6 is 23.8 Å². The van der Waals surface area contributed by atoms with E-state index in [9.17, 15) is 0 Å². The van der Waals surface area contributed by atoms with E-state index >= 15 is 0 Å². The summed E-state index contributed by atoms with van der Waals surface area (Å²) in [4.78, 5) is 0. The molecule has 0 aliphatic rings. The van der Waals surface area contributed by atoms with Crippen LogP contribution in [0.1, 0.15) is 5.56 Å². The second kappa shape index (κ2) is 3.74. The zero-order chi connectivity index (χ0) is 9.14. The Balaban J connectivity index is 3.04. The van der Waals surface area contributed by atoms with Crippen LogP contribution in [0, 0.1) is 6.92 Å². The summed E-state index contributed by atoms with van der Waals surface area (Å²) in [6, 6.07) is 5.53. The third-order valence-corrected chi connectivity index (χ3v) is 1.88. The average molecular weight is 200 g/mol. The van der Waals surface area contributed by atoms with E-state index in [4.69, 9.17) is 17.3 Å². The Morgan fingerprint density at radius 2 is 2.25 bits per heavy atom. The molecule has 0 aliphatic heterocycles. The van der Waals surface area contributed by atoms with Gasteiger partial charge < -0.3 is 5.32 Å². The number of hydrogen-bond donors (Lipinski definition) is 1. The monoisotopic (exact) mass is 199 g/mol. The van der Waals surface area contributed by atoms with Crippen molar-refractivity contribution in [1.82, 2.24) is 5.73 Å².